The van der Waals surface area contributed by atoms with E-state index < -0.39 is 5.97 Å². The second kappa shape index (κ2) is 8.16. The Labute approximate surface area is 159 Å². The van der Waals surface area contributed by atoms with Gasteiger partial charge in [-0.25, -0.2) is 14.5 Å². The number of aryl methyl sites for hydroxylation is 1. The Hall–Kier alpha value is -2.95. The van der Waals surface area contributed by atoms with Gasteiger partial charge in [0.1, 0.15) is 5.82 Å². The molecule has 140 valence electrons. The van der Waals surface area contributed by atoms with Crippen LogP contribution in [-0.4, -0.2) is 25.8 Å². The topological polar surface area (TPSA) is 68.0 Å². The second-order valence-electron chi connectivity index (χ2n) is 7.08. The Morgan fingerprint density at radius 2 is 1.81 bits per heavy atom. The maximum absolute atomic E-state index is 11.4. The summed E-state index contributed by atoms with van der Waals surface area (Å²) in [6.07, 6.45) is 1.59. The molecule has 0 unspecified atom stereocenters. The molecule has 5 heteroatoms. The minimum Gasteiger partial charge on any atom is -0.478 e. The molecule has 3 aromatic rings. The van der Waals surface area contributed by atoms with Gasteiger partial charge in [-0.3, -0.25) is 0 Å². The monoisotopic (exact) mass is 363 g/mol. The lowest BCUT2D eigenvalue weighted by atomic mass is 9.98. The predicted molar refractivity (Wildman–Crippen MR) is 106 cm³/mol. The molecule has 0 saturated carbocycles. The molecular weight excluding hydrogens is 338 g/mol. The van der Waals surface area contributed by atoms with Crippen LogP contribution < -0.4 is 0 Å². The van der Waals surface area contributed by atoms with Crippen molar-refractivity contribution in [3.63, 3.8) is 0 Å². The molecule has 0 spiro atoms. The standard InChI is InChI=1S/C22H25N3O2/c1-4-25-21(23-20(24-25)13-15(2)3)14-16-9-11-17(12-10-16)18-7-5-6-8-19(18)22(26)27/h5-12,15H,4,13-14H2,1-3H3,(H,26,27). The van der Waals surface area contributed by atoms with Gasteiger partial charge in [0.2, 0.25) is 0 Å². The summed E-state index contributed by atoms with van der Waals surface area (Å²) in [6, 6.07) is 15.1. The molecule has 0 aliphatic rings. The highest BCUT2D eigenvalue weighted by molar-refractivity contribution is 5.95. The van der Waals surface area contributed by atoms with Crippen molar-refractivity contribution in [2.75, 3.05) is 0 Å². The zero-order valence-corrected chi connectivity index (χ0v) is 16.0. The fraction of sp³-hybridized carbons (Fsp3) is 0.318. The normalized spacial score (nSPS) is 11.1. The fourth-order valence-corrected chi connectivity index (χ4v) is 3.17. The van der Waals surface area contributed by atoms with E-state index in [9.17, 15) is 9.90 Å². The first-order chi connectivity index (χ1) is 13.0. The number of carboxylic acids is 1. The van der Waals surface area contributed by atoms with Gasteiger partial charge >= 0.3 is 5.97 Å². The number of carbonyl (C=O) groups is 1. The second-order valence-corrected chi connectivity index (χ2v) is 7.08. The minimum atomic E-state index is -0.914. The third kappa shape index (κ3) is 4.42. The van der Waals surface area contributed by atoms with Crippen molar-refractivity contribution < 1.29 is 9.90 Å². The van der Waals surface area contributed by atoms with Crippen LogP contribution in [0.5, 0.6) is 0 Å². The maximum atomic E-state index is 11.4. The molecular formula is C22H25N3O2. The molecule has 0 aliphatic carbocycles. The molecule has 0 fully saturated rings. The molecule has 3 rings (SSSR count). The highest BCUT2D eigenvalue weighted by atomic mass is 16.4. The van der Waals surface area contributed by atoms with Crippen LogP contribution in [0, 0.1) is 5.92 Å². The van der Waals surface area contributed by atoms with E-state index in [2.05, 4.69) is 25.9 Å². The quantitative estimate of drug-likeness (QED) is 0.673. The van der Waals surface area contributed by atoms with Crippen LogP contribution in [0.15, 0.2) is 48.5 Å². The molecule has 0 radical (unpaired) electrons. The molecule has 0 atom stereocenters. The summed E-state index contributed by atoms with van der Waals surface area (Å²) in [7, 11) is 0. The van der Waals surface area contributed by atoms with Crippen LogP contribution in [0.25, 0.3) is 11.1 Å². The molecule has 0 aliphatic heterocycles. The average Bonchev–Trinajstić information content (AvgIpc) is 3.03. The molecule has 27 heavy (non-hydrogen) atoms. The Morgan fingerprint density at radius 1 is 1.11 bits per heavy atom. The van der Waals surface area contributed by atoms with E-state index >= 15 is 0 Å². The minimum absolute atomic E-state index is 0.314. The predicted octanol–water partition coefficient (Wildman–Crippen LogP) is 4.45. The van der Waals surface area contributed by atoms with Crippen LogP contribution >= 0.6 is 0 Å². The van der Waals surface area contributed by atoms with E-state index in [0.717, 1.165) is 41.3 Å². The third-order valence-corrected chi connectivity index (χ3v) is 4.47. The zero-order chi connectivity index (χ0) is 19.4. The van der Waals surface area contributed by atoms with Crippen molar-refractivity contribution in [3.05, 3.63) is 71.3 Å². The van der Waals surface area contributed by atoms with Crippen molar-refractivity contribution in [2.24, 2.45) is 5.92 Å². The van der Waals surface area contributed by atoms with Gasteiger partial charge < -0.3 is 5.11 Å². The van der Waals surface area contributed by atoms with Crippen molar-refractivity contribution in [1.82, 2.24) is 14.8 Å². The number of carboxylic acid groups (broad SMARTS) is 1. The molecule has 5 nitrogen and oxygen atoms in total. The summed E-state index contributed by atoms with van der Waals surface area (Å²) < 4.78 is 1.96. The lowest BCUT2D eigenvalue weighted by Gasteiger charge is -2.08. The Kier molecular flexibility index (Phi) is 5.69. The van der Waals surface area contributed by atoms with Crippen LogP contribution in [0.1, 0.15) is 48.3 Å². The number of nitrogens with zero attached hydrogens (tertiary/aromatic N) is 3. The molecule has 0 saturated heterocycles. The van der Waals surface area contributed by atoms with Crippen molar-refractivity contribution in [3.8, 4) is 11.1 Å². The molecule has 0 amide bonds. The first kappa shape index (κ1) is 18.8. The van der Waals surface area contributed by atoms with Gasteiger partial charge in [0.05, 0.1) is 5.56 Å². The van der Waals surface area contributed by atoms with Crippen molar-refractivity contribution in [1.29, 1.82) is 0 Å². The average molecular weight is 363 g/mol. The van der Waals surface area contributed by atoms with Gasteiger partial charge in [-0.1, -0.05) is 56.3 Å². The molecule has 1 N–H and O–H groups in total. The zero-order valence-electron chi connectivity index (χ0n) is 16.0. The van der Waals surface area contributed by atoms with Gasteiger partial charge in [0.15, 0.2) is 5.82 Å². The molecule has 1 heterocycles. The summed E-state index contributed by atoms with van der Waals surface area (Å²) in [5.41, 5.74) is 3.07. The number of aromatic carboxylic acids is 1. The van der Waals surface area contributed by atoms with Crippen LogP contribution in [0.2, 0.25) is 0 Å². The number of rotatable bonds is 7. The molecule has 1 aromatic heterocycles. The Balaban J connectivity index is 1.83. The van der Waals surface area contributed by atoms with Gasteiger partial charge in [0.25, 0.3) is 0 Å². The highest BCUT2D eigenvalue weighted by Gasteiger charge is 2.13. The van der Waals surface area contributed by atoms with E-state index in [1.807, 2.05) is 41.1 Å². The third-order valence-electron chi connectivity index (χ3n) is 4.47. The van der Waals surface area contributed by atoms with E-state index in [0.29, 0.717) is 17.9 Å². The summed E-state index contributed by atoms with van der Waals surface area (Å²) >= 11 is 0. The van der Waals surface area contributed by atoms with Gasteiger partial charge in [0, 0.05) is 19.4 Å². The van der Waals surface area contributed by atoms with E-state index in [1.165, 1.54) is 0 Å². The van der Waals surface area contributed by atoms with Gasteiger partial charge in [-0.2, -0.15) is 5.10 Å². The molecule has 0 bridgehead atoms. The number of hydrogen-bond acceptors (Lipinski definition) is 3. The van der Waals surface area contributed by atoms with E-state index in [1.54, 1.807) is 12.1 Å². The maximum Gasteiger partial charge on any atom is 0.336 e. The lowest BCUT2D eigenvalue weighted by Crippen LogP contribution is -2.04. The van der Waals surface area contributed by atoms with Crippen LogP contribution in [0.3, 0.4) is 0 Å². The smallest absolute Gasteiger partial charge is 0.336 e. The summed E-state index contributed by atoms with van der Waals surface area (Å²) in [6.45, 7) is 7.20. The van der Waals surface area contributed by atoms with E-state index in [-0.39, 0.29) is 0 Å². The number of benzene rings is 2. The van der Waals surface area contributed by atoms with Crippen LogP contribution in [0.4, 0.5) is 0 Å². The van der Waals surface area contributed by atoms with Gasteiger partial charge in [-0.05, 0) is 35.6 Å². The van der Waals surface area contributed by atoms with Crippen LogP contribution in [-0.2, 0) is 19.4 Å². The summed E-state index contributed by atoms with van der Waals surface area (Å²) in [5.74, 6) is 1.48. The summed E-state index contributed by atoms with van der Waals surface area (Å²) in [4.78, 5) is 16.1. The first-order valence-corrected chi connectivity index (χ1v) is 9.32. The highest BCUT2D eigenvalue weighted by Crippen LogP contribution is 2.24. The fourth-order valence-electron chi connectivity index (χ4n) is 3.17. The summed E-state index contributed by atoms with van der Waals surface area (Å²) in [5, 5.41) is 14.0. The van der Waals surface area contributed by atoms with Gasteiger partial charge in [-0.15, -0.1) is 0 Å². The Morgan fingerprint density at radius 3 is 2.44 bits per heavy atom. The largest absolute Gasteiger partial charge is 0.478 e. The van der Waals surface area contributed by atoms with E-state index in [4.69, 9.17) is 4.98 Å². The Bertz CT molecular complexity index is 927. The van der Waals surface area contributed by atoms with Crippen molar-refractivity contribution >= 4 is 5.97 Å². The van der Waals surface area contributed by atoms with Crippen molar-refractivity contribution in [2.45, 2.75) is 40.2 Å². The number of aromatic nitrogens is 3. The lowest BCUT2D eigenvalue weighted by molar-refractivity contribution is 0.0697. The SMILES string of the molecule is CCn1nc(CC(C)C)nc1Cc1ccc(-c2ccccc2C(=O)O)cc1. The molecule has 2 aromatic carbocycles. The number of hydrogen-bond donors (Lipinski definition) is 1. The first-order valence-electron chi connectivity index (χ1n) is 9.32.